The van der Waals surface area contributed by atoms with Crippen LogP contribution < -0.4 is 10.9 Å². The van der Waals surface area contributed by atoms with Crippen LogP contribution in [-0.4, -0.2) is 10.5 Å². The lowest BCUT2D eigenvalue weighted by molar-refractivity contribution is -0.122. The van der Waals surface area contributed by atoms with Crippen LogP contribution in [0.15, 0.2) is 83.8 Å². The Morgan fingerprint density at radius 3 is 2.44 bits per heavy atom. The van der Waals surface area contributed by atoms with Gasteiger partial charge in [-0.2, -0.15) is 0 Å². The molecule has 1 N–H and O–H groups in total. The largest absolute Gasteiger partial charge is 0.348 e. The zero-order valence-corrected chi connectivity index (χ0v) is 15.1. The molecule has 4 rings (SSSR count). The zero-order chi connectivity index (χ0) is 18.8. The summed E-state index contributed by atoms with van der Waals surface area (Å²) < 4.78 is 1.45. The van der Waals surface area contributed by atoms with Crippen LogP contribution in [0.25, 0.3) is 21.5 Å². The molecule has 1 atom stereocenters. The van der Waals surface area contributed by atoms with Crippen molar-refractivity contribution in [2.75, 3.05) is 0 Å². The van der Waals surface area contributed by atoms with Crippen molar-refractivity contribution in [3.8, 4) is 0 Å². The highest BCUT2D eigenvalue weighted by Gasteiger charge is 2.12. The quantitative estimate of drug-likeness (QED) is 0.600. The summed E-state index contributed by atoms with van der Waals surface area (Å²) >= 11 is 0. The number of aromatic nitrogens is 1. The zero-order valence-electron chi connectivity index (χ0n) is 15.1. The molecule has 0 saturated heterocycles. The summed E-state index contributed by atoms with van der Waals surface area (Å²) in [6.45, 7) is 1.95. The summed E-state index contributed by atoms with van der Waals surface area (Å²) in [6, 6.07) is 23.4. The van der Waals surface area contributed by atoms with Gasteiger partial charge in [-0.05, 0) is 46.8 Å². The highest BCUT2D eigenvalue weighted by molar-refractivity contribution is 5.84. The Morgan fingerprint density at radius 1 is 0.926 bits per heavy atom. The SMILES string of the molecule is C[C@@H](NC(=O)Cn1ccc2ccccc2c1=O)c1ccc2ccccc2c1. The molecular weight excluding hydrogens is 336 g/mol. The Labute approximate surface area is 157 Å². The fraction of sp³-hybridized carbons (Fsp3) is 0.130. The summed E-state index contributed by atoms with van der Waals surface area (Å²) in [5, 5.41) is 6.79. The first-order valence-corrected chi connectivity index (χ1v) is 8.98. The number of amides is 1. The van der Waals surface area contributed by atoms with Gasteiger partial charge in [-0.1, -0.05) is 54.6 Å². The maximum atomic E-state index is 12.5. The molecule has 0 saturated carbocycles. The summed E-state index contributed by atoms with van der Waals surface area (Å²) in [5.74, 6) is -0.187. The fourth-order valence-electron chi connectivity index (χ4n) is 3.36. The molecule has 134 valence electrons. The average Bonchev–Trinajstić information content (AvgIpc) is 2.70. The van der Waals surface area contributed by atoms with Crippen LogP contribution in [0.4, 0.5) is 0 Å². The maximum Gasteiger partial charge on any atom is 0.258 e. The van der Waals surface area contributed by atoms with Crippen LogP contribution in [0.2, 0.25) is 0 Å². The van der Waals surface area contributed by atoms with Crippen molar-refractivity contribution in [2.45, 2.75) is 19.5 Å². The molecule has 0 aliphatic rings. The molecule has 0 radical (unpaired) electrons. The first-order chi connectivity index (χ1) is 13.1. The van der Waals surface area contributed by atoms with E-state index in [4.69, 9.17) is 0 Å². The molecule has 1 amide bonds. The predicted octanol–water partition coefficient (Wildman–Crippen LogP) is 4.03. The second kappa shape index (κ2) is 7.08. The number of carbonyl (C=O) groups is 1. The molecule has 4 aromatic rings. The van der Waals surface area contributed by atoms with Crippen molar-refractivity contribution in [2.24, 2.45) is 0 Å². The van der Waals surface area contributed by atoms with Gasteiger partial charge in [0.1, 0.15) is 6.54 Å². The van der Waals surface area contributed by atoms with E-state index in [0.29, 0.717) is 5.39 Å². The lowest BCUT2D eigenvalue weighted by Gasteiger charge is -2.16. The number of rotatable bonds is 4. The summed E-state index contributed by atoms with van der Waals surface area (Å²) in [4.78, 5) is 25.0. The van der Waals surface area contributed by atoms with E-state index in [1.54, 1.807) is 12.3 Å². The lowest BCUT2D eigenvalue weighted by Crippen LogP contribution is -2.33. The van der Waals surface area contributed by atoms with Crippen molar-refractivity contribution in [3.63, 3.8) is 0 Å². The lowest BCUT2D eigenvalue weighted by atomic mass is 10.0. The van der Waals surface area contributed by atoms with Gasteiger partial charge in [-0.15, -0.1) is 0 Å². The number of hydrogen-bond acceptors (Lipinski definition) is 2. The van der Waals surface area contributed by atoms with E-state index in [1.807, 2.05) is 49.4 Å². The highest BCUT2D eigenvalue weighted by Crippen LogP contribution is 2.20. The van der Waals surface area contributed by atoms with Crippen LogP contribution in [0.3, 0.4) is 0 Å². The molecule has 0 bridgehead atoms. The Hall–Kier alpha value is -3.40. The van der Waals surface area contributed by atoms with Gasteiger partial charge in [0.15, 0.2) is 0 Å². The number of hydrogen-bond donors (Lipinski definition) is 1. The van der Waals surface area contributed by atoms with Gasteiger partial charge in [0, 0.05) is 11.6 Å². The predicted molar refractivity (Wildman–Crippen MR) is 109 cm³/mol. The van der Waals surface area contributed by atoms with E-state index in [9.17, 15) is 9.59 Å². The number of pyridine rings is 1. The van der Waals surface area contributed by atoms with Crippen LogP contribution in [0, 0.1) is 0 Å². The summed E-state index contributed by atoms with van der Waals surface area (Å²) in [7, 11) is 0. The molecular formula is C23H20N2O2. The number of benzene rings is 3. The van der Waals surface area contributed by atoms with Gasteiger partial charge >= 0.3 is 0 Å². The minimum atomic E-state index is -0.187. The number of carbonyl (C=O) groups excluding carboxylic acids is 1. The Morgan fingerprint density at radius 2 is 1.63 bits per heavy atom. The fourth-order valence-corrected chi connectivity index (χ4v) is 3.36. The number of fused-ring (bicyclic) bond motifs is 2. The third kappa shape index (κ3) is 3.47. The molecule has 4 heteroatoms. The normalized spacial score (nSPS) is 12.2. The molecule has 0 spiro atoms. The van der Waals surface area contributed by atoms with Gasteiger partial charge in [0.2, 0.25) is 5.91 Å². The molecule has 3 aromatic carbocycles. The summed E-state index contributed by atoms with van der Waals surface area (Å²) in [5.41, 5.74) is 0.884. The molecule has 27 heavy (non-hydrogen) atoms. The van der Waals surface area contributed by atoms with Gasteiger partial charge < -0.3 is 9.88 Å². The first-order valence-electron chi connectivity index (χ1n) is 8.98. The van der Waals surface area contributed by atoms with Crippen LogP contribution in [0.1, 0.15) is 18.5 Å². The molecule has 0 unspecified atom stereocenters. The third-order valence-corrected chi connectivity index (χ3v) is 4.85. The monoisotopic (exact) mass is 356 g/mol. The standard InChI is InChI=1S/C23H20N2O2/c1-16(19-11-10-17-6-2-3-8-20(17)14-19)24-22(26)15-25-13-12-18-7-4-5-9-21(18)23(25)27/h2-14,16H,15H2,1H3,(H,24,26)/t16-/m1/s1. The number of nitrogens with one attached hydrogen (secondary N) is 1. The molecule has 0 aliphatic heterocycles. The van der Waals surface area contributed by atoms with Crippen molar-refractivity contribution < 1.29 is 4.79 Å². The molecule has 1 heterocycles. The average molecular weight is 356 g/mol. The van der Waals surface area contributed by atoms with E-state index in [1.165, 1.54) is 9.95 Å². The Balaban J connectivity index is 1.51. The van der Waals surface area contributed by atoms with Crippen LogP contribution in [-0.2, 0) is 11.3 Å². The van der Waals surface area contributed by atoms with Crippen molar-refractivity contribution >= 4 is 27.5 Å². The topological polar surface area (TPSA) is 51.1 Å². The highest BCUT2D eigenvalue weighted by atomic mass is 16.2. The van der Waals surface area contributed by atoms with Gasteiger partial charge in [0.25, 0.3) is 5.56 Å². The summed E-state index contributed by atoms with van der Waals surface area (Å²) in [6.07, 6.45) is 1.67. The van der Waals surface area contributed by atoms with Gasteiger partial charge in [-0.3, -0.25) is 9.59 Å². The smallest absolute Gasteiger partial charge is 0.258 e. The van der Waals surface area contributed by atoms with E-state index >= 15 is 0 Å². The first kappa shape index (κ1) is 17.0. The van der Waals surface area contributed by atoms with E-state index in [2.05, 4.69) is 29.6 Å². The third-order valence-electron chi connectivity index (χ3n) is 4.85. The molecule has 0 fully saturated rings. The number of nitrogens with zero attached hydrogens (tertiary/aromatic N) is 1. The molecule has 4 nitrogen and oxygen atoms in total. The molecule has 0 aliphatic carbocycles. The van der Waals surface area contributed by atoms with Crippen molar-refractivity contribution in [3.05, 3.63) is 94.9 Å². The molecule has 1 aromatic heterocycles. The van der Waals surface area contributed by atoms with Gasteiger partial charge in [0.05, 0.1) is 6.04 Å². The Kier molecular flexibility index (Phi) is 4.47. The minimum absolute atomic E-state index is 0.00158. The minimum Gasteiger partial charge on any atom is -0.348 e. The van der Waals surface area contributed by atoms with E-state index in [-0.39, 0.29) is 24.1 Å². The van der Waals surface area contributed by atoms with Crippen molar-refractivity contribution in [1.29, 1.82) is 0 Å². The van der Waals surface area contributed by atoms with Crippen LogP contribution in [0.5, 0.6) is 0 Å². The second-order valence-corrected chi connectivity index (χ2v) is 6.73. The Bertz CT molecular complexity index is 1190. The second-order valence-electron chi connectivity index (χ2n) is 6.73. The van der Waals surface area contributed by atoms with E-state index < -0.39 is 0 Å². The van der Waals surface area contributed by atoms with Crippen LogP contribution >= 0.6 is 0 Å². The van der Waals surface area contributed by atoms with Gasteiger partial charge in [-0.25, -0.2) is 0 Å². The van der Waals surface area contributed by atoms with E-state index in [0.717, 1.165) is 16.3 Å². The maximum absolute atomic E-state index is 12.5. The van der Waals surface area contributed by atoms with Crippen molar-refractivity contribution in [1.82, 2.24) is 9.88 Å².